The molecule has 0 aromatic heterocycles. The molecule has 2 aromatic carbocycles. The minimum Gasteiger partial charge on any atom is -0.493 e. The number of hydrogen-bond acceptors (Lipinski definition) is 6. The van der Waals surface area contributed by atoms with E-state index in [4.69, 9.17) is 23.7 Å². The molecule has 0 aliphatic carbocycles. The highest BCUT2D eigenvalue weighted by Gasteiger charge is 2.33. The van der Waals surface area contributed by atoms with Gasteiger partial charge >= 0.3 is 0 Å². The lowest BCUT2D eigenvalue weighted by atomic mass is 9.95. The third-order valence-electron chi connectivity index (χ3n) is 6.13. The van der Waals surface area contributed by atoms with Crippen molar-refractivity contribution in [1.82, 2.24) is 4.90 Å². The Kier molecular flexibility index (Phi) is 9.21. The van der Waals surface area contributed by atoms with Crippen molar-refractivity contribution in [1.29, 1.82) is 0 Å². The van der Waals surface area contributed by atoms with E-state index in [0.29, 0.717) is 19.8 Å². The molecule has 0 N–H and O–H groups in total. The number of methoxy groups -OCH3 is 3. The van der Waals surface area contributed by atoms with Crippen molar-refractivity contribution >= 4 is 0 Å². The molecule has 6 heteroatoms. The second-order valence-corrected chi connectivity index (χ2v) is 8.45. The molecular weight excluding hydrogens is 406 g/mol. The lowest BCUT2D eigenvalue weighted by Gasteiger charge is -2.31. The lowest BCUT2D eigenvalue weighted by molar-refractivity contribution is -0.0541. The van der Waals surface area contributed by atoms with Crippen molar-refractivity contribution in [3.8, 4) is 17.2 Å². The number of nitrogens with zero attached hydrogens (tertiary/aromatic N) is 1. The number of ether oxygens (including phenoxy) is 5. The number of likely N-dealkylation sites (tertiary alicyclic amines) is 1. The predicted molar refractivity (Wildman–Crippen MR) is 126 cm³/mol. The Bertz CT molecular complexity index is 825. The van der Waals surface area contributed by atoms with Gasteiger partial charge in [-0.15, -0.1) is 0 Å². The highest BCUT2D eigenvalue weighted by molar-refractivity contribution is 5.43. The average molecular weight is 444 g/mol. The minimum atomic E-state index is -0.256. The van der Waals surface area contributed by atoms with Crippen molar-refractivity contribution in [2.45, 2.75) is 38.3 Å². The summed E-state index contributed by atoms with van der Waals surface area (Å²) in [6.07, 6.45) is 2.99. The summed E-state index contributed by atoms with van der Waals surface area (Å²) in [7, 11) is 5.14. The average Bonchev–Trinajstić information content (AvgIpc) is 3.02. The van der Waals surface area contributed by atoms with Gasteiger partial charge in [-0.1, -0.05) is 23.8 Å². The molecule has 32 heavy (non-hydrogen) atoms. The first-order valence-electron chi connectivity index (χ1n) is 11.3. The summed E-state index contributed by atoms with van der Waals surface area (Å²) >= 11 is 0. The molecule has 1 fully saturated rings. The molecule has 0 radical (unpaired) electrons. The van der Waals surface area contributed by atoms with Gasteiger partial charge in [0.25, 0.3) is 0 Å². The van der Waals surface area contributed by atoms with E-state index in [9.17, 15) is 0 Å². The van der Waals surface area contributed by atoms with Crippen molar-refractivity contribution in [2.24, 2.45) is 0 Å². The molecule has 6 nitrogen and oxygen atoms in total. The molecule has 1 atom stereocenters. The normalized spacial score (nSPS) is 19.4. The van der Waals surface area contributed by atoms with E-state index >= 15 is 0 Å². The first-order chi connectivity index (χ1) is 15.6. The fraction of sp³-hybridized carbons (Fsp3) is 0.538. The first-order valence-corrected chi connectivity index (χ1v) is 11.3. The van der Waals surface area contributed by atoms with Crippen LogP contribution in [0.25, 0.3) is 0 Å². The third kappa shape index (κ3) is 6.86. The molecule has 0 spiro atoms. The molecule has 2 aromatic rings. The highest BCUT2D eigenvalue weighted by atomic mass is 16.5. The zero-order valence-corrected chi connectivity index (χ0v) is 19.9. The SMILES string of the molecule is COCCOc1cc(CN2CCC[C@@](COc3ccc(C)cc3)(OC)CC2)ccc1OC. The van der Waals surface area contributed by atoms with Gasteiger partial charge in [-0.25, -0.2) is 0 Å². The lowest BCUT2D eigenvalue weighted by Crippen LogP contribution is -2.39. The first kappa shape index (κ1) is 24.4. The van der Waals surface area contributed by atoms with Crippen LogP contribution in [0.5, 0.6) is 17.2 Å². The van der Waals surface area contributed by atoms with Crippen LogP contribution < -0.4 is 14.2 Å². The maximum atomic E-state index is 6.11. The van der Waals surface area contributed by atoms with Crippen molar-refractivity contribution < 1.29 is 23.7 Å². The van der Waals surface area contributed by atoms with Crippen LogP contribution in [0.4, 0.5) is 0 Å². The van der Waals surface area contributed by atoms with Crippen molar-refractivity contribution in [2.75, 3.05) is 54.2 Å². The summed E-state index contributed by atoms with van der Waals surface area (Å²) < 4.78 is 28.5. The van der Waals surface area contributed by atoms with Crippen LogP contribution in [0.1, 0.15) is 30.4 Å². The van der Waals surface area contributed by atoms with Gasteiger partial charge in [0, 0.05) is 27.3 Å². The maximum Gasteiger partial charge on any atom is 0.161 e. The monoisotopic (exact) mass is 443 g/mol. The third-order valence-corrected chi connectivity index (χ3v) is 6.13. The highest BCUT2D eigenvalue weighted by Crippen LogP contribution is 2.31. The van der Waals surface area contributed by atoms with E-state index < -0.39 is 0 Å². The van der Waals surface area contributed by atoms with Gasteiger partial charge in [-0.3, -0.25) is 4.90 Å². The summed E-state index contributed by atoms with van der Waals surface area (Å²) in [6.45, 7) is 6.54. The van der Waals surface area contributed by atoms with Crippen LogP contribution in [0.2, 0.25) is 0 Å². The fourth-order valence-corrected chi connectivity index (χ4v) is 4.06. The van der Waals surface area contributed by atoms with E-state index in [0.717, 1.165) is 56.1 Å². The van der Waals surface area contributed by atoms with Gasteiger partial charge in [0.2, 0.25) is 0 Å². The van der Waals surface area contributed by atoms with Crippen LogP contribution in [0, 0.1) is 6.92 Å². The molecule has 0 bridgehead atoms. The second kappa shape index (κ2) is 12.1. The number of hydrogen-bond donors (Lipinski definition) is 0. The minimum absolute atomic E-state index is 0.256. The van der Waals surface area contributed by atoms with Gasteiger partial charge in [-0.05, 0) is 62.6 Å². The fourth-order valence-electron chi connectivity index (χ4n) is 4.06. The molecule has 176 valence electrons. The van der Waals surface area contributed by atoms with E-state index in [2.05, 4.69) is 36.1 Å². The molecule has 3 rings (SSSR count). The van der Waals surface area contributed by atoms with E-state index in [1.165, 1.54) is 11.1 Å². The smallest absolute Gasteiger partial charge is 0.161 e. The zero-order chi connectivity index (χ0) is 22.8. The van der Waals surface area contributed by atoms with Crippen LogP contribution in [0.15, 0.2) is 42.5 Å². The Balaban J connectivity index is 1.59. The maximum absolute atomic E-state index is 6.11. The summed E-state index contributed by atoms with van der Waals surface area (Å²) in [5.74, 6) is 2.40. The molecule has 0 saturated carbocycles. The van der Waals surface area contributed by atoms with Crippen molar-refractivity contribution in [3.63, 3.8) is 0 Å². The number of benzene rings is 2. The van der Waals surface area contributed by atoms with E-state index in [-0.39, 0.29) is 5.60 Å². The van der Waals surface area contributed by atoms with Crippen LogP contribution in [-0.4, -0.2) is 64.7 Å². The second-order valence-electron chi connectivity index (χ2n) is 8.45. The molecule has 1 aliphatic heterocycles. The van der Waals surface area contributed by atoms with Gasteiger partial charge in [0.05, 0.1) is 13.7 Å². The molecule has 1 heterocycles. The molecule has 0 unspecified atom stereocenters. The van der Waals surface area contributed by atoms with Gasteiger partial charge in [-0.2, -0.15) is 0 Å². The summed E-state index contributed by atoms with van der Waals surface area (Å²) in [5.41, 5.74) is 2.18. The van der Waals surface area contributed by atoms with E-state index in [1.54, 1.807) is 21.3 Å². The predicted octanol–water partition coefficient (Wildman–Crippen LogP) is 4.48. The largest absolute Gasteiger partial charge is 0.493 e. The quantitative estimate of drug-likeness (QED) is 0.478. The van der Waals surface area contributed by atoms with Crippen LogP contribution in [-0.2, 0) is 16.0 Å². The van der Waals surface area contributed by atoms with E-state index in [1.807, 2.05) is 18.2 Å². The molecule has 1 saturated heterocycles. The Labute approximate surface area is 192 Å². The number of aryl methyl sites for hydroxylation is 1. The molecule has 1 aliphatic rings. The molecule has 0 amide bonds. The number of rotatable bonds is 11. The molecular formula is C26H37NO5. The Hall–Kier alpha value is -2.28. The Morgan fingerprint density at radius 3 is 2.41 bits per heavy atom. The van der Waals surface area contributed by atoms with Crippen molar-refractivity contribution in [3.05, 3.63) is 53.6 Å². The van der Waals surface area contributed by atoms with Gasteiger partial charge < -0.3 is 23.7 Å². The van der Waals surface area contributed by atoms with Crippen LogP contribution >= 0.6 is 0 Å². The van der Waals surface area contributed by atoms with Gasteiger partial charge in [0.15, 0.2) is 11.5 Å². The topological polar surface area (TPSA) is 49.4 Å². The summed E-state index contributed by atoms with van der Waals surface area (Å²) in [5, 5.41) is 0. The van der Waals surface area contributed by atoms with Crippen LogP contribution in [0.3, 0.4) is 0 Å². The standard InChI is InChI=1S/C26H37NO5/c1-21-6-9-23(10-7-21)32-20-26(30-4)12-5-14-27(15-13-26)19-22-8-11-24(29-3)25(18-22)31-17-16-28-2/h6-11,18H,5,12-17,19-20H2,1-4H3/t26-/m1/s1. The Morgan fingerprint density at radius 2 is 1.69 bits per heavy atom. The summed E-state index contributed by atoms with van der Waals surface area (Å²) in [4.78, 5) is 2.48. The zero-order valence-electron chi connectivity index (χ0n) is 19.9. The summed E-state index contributed by atoms with van der Waals surface area (Å²) in [6, 6.07) is 14.4. The Morgan fingerprint density at radius 1 is 0.875 bits per heavy atom. The van der Waals surface area contributed by atoms with Gasteiger partial charge in [0.1, 0.15) is 24.6 Å².